The average Bonchev–Trinajstić information content (AvgIpc) is 2.97. The third-order valence-electron chi connectivity index (χ3n) is 6.38. The van der Waals surface area contributed by atoms with Gasteiger partial charge in [0, 0.05) is 45.0 Å². The smallest absolute Gasteiger partial charge is 0.353 e. The van der Waals surface area contributed by atoms with E-state index in [2.05, 4.69) is 10.6 Å². The van der Waals surface area contributed by atoms with Crippen molar-refractivity contribution in [2.75, 3.05) is 44.2 Å². The number of rotatable bonds is 17. The number of alkyl halides is 3. The molecule has 0 aromatic heterocycles. The summed E-state index contributed by atoms with van der Waals surface area (Å²) in [6.07, 6.45) is -3.72. The summed E-state index contributed by atoms with van der Waals surface area (Å²) in [5, 5.41) is 5.26. The number of carbonyl (C=O) groups is 4. The van der Waals surface area contributed by atoms with E-state index in [9.17, 15) is 32.3 Å². The minimum Gasteiger partial charge on any atom is -0.353 e. The van der Waals surface area contributed by atoms with Crippen LogP contribution in [0.2, 0.25) is 0 Å². The van der Waals surface area contributed by atoms with E-state index in [0.717, 1.165) is 34.7 Å². The molecular weight excluding hydrogens is 662 g/mol. The van der Waals surface area contributed by atoms with Crippen LogP contribution in [0.3, 0.4) is 0 Å². The SMILES string of the molecule is Cl.Cl.Cl.NCCN(CCN)C(=O)C[C@H](N)C(=O)N[C@@H](CCc1ccccc1)C(=O)NCCN(C=O)c1ccc(C(F)(F)F)cc1. The first kappa shape index (κ1) is 44.0. The van der Waals surface area contributed by atoms with Gasteiger partial charge in [-0.15, -0.1) is 37.2 Å². The highest BCUT2D eigenvalue weighted by molar-refractivity contribution is 5.92. The Bertz CT molecular complexity index is 1160. The number of benzene rings is 2. The van der Waals surface area contributed by atoms with E-state index in [4.69, 9.17) is 17.2 Å². The Morgan fingerprint density at radius 1 is 0.867 bits per heavy atom. The maximum atomic E-state index is 13.1. The fourth-order valence-corrected chi connectivity index (χ4v) is 4.09. The zero-order valence-electron chi connectivity index (χ0n) is 24.4. The van der Waals surface area contributed by atoms with Crippen LogP contribution in [0.5, 0.6) is 0 Å². The second-order valence-corrected chi connectivity index (χ2v) is 9.49. The molecule has 45 heavy (non-hydrogen) atoms. The Hall–Kier alpha value is -3.14. The zero-order valence-corrected chi connectivity index (χ0v) is 26.9. The Morgan fingerprint density at radius 2 is 1.44 bits per heavy atom. The van der Waals surface area contributed by atoms with Crippen LogP contribution in [0.15, 0.2) is 54.6 Å². The summed E-state index contributed by atoms with van der Waals surface area (Å²) in [4.78, 5) is 52.7. The van der Waals surface area contributed by atoms with Crippen molar-refractivity contribution in [1.82, 2.24) is 15.5 Å². The van der Waals surface area contributed by atoms with Gasteiger partial charge in [-0.3, -0.25) is 19.2 Å². The second kappa shape index (κ2) is 22.4. The molecule has 8 N–H and O–H groups in total. The van der Waals surface area contributed by atoms with Crippen molar-refractivity contribution < 1.29 is 32.3 Å². The molecule has 2 aromatic rings. The molecule has 0 aliphatic carbocycles. The zero-order chi connectivity index (χ0) is 31.1. The van der Waals surface area contributed by atoms with Gasteiger partial charge < -0.3 is 37.6 Å². The number of anilines is 1. The van der Waals surface area contributed by atoms with Crippen LogP contribution in [0, 0.1) is 0 Å². The van der Waals surface area contributed by atoms with Crippen molar-refractivity contribution in [3.8, 4) is 0 Å². The summed E-state index contributed by atoms with van der Waals surface area (Å²) in [7, 11) is 0. The van der Waals surface area contributed by atoms with Gasteiger partial charge in [0.25, 0.3) is 0 Å². The number of hydrogen-bond donors (Lipinski definition) is 5. The summed E-state index contributed by atoms with van der Waals surface area (Å²) in [5.74, 6) is -1.64. The monoisotopic (exact) mass is 701 g/mol. The molecule has 0 unspecified atom stereocenters. The molecule has 4 amide bonds. The van der Waals surface area contributed by atoms with Gasteiger partial charge in [-0.1, -0.05) is 30.3 Å². The minimum atomic E-state index is -4.51. The third kappa shape index (κ3) is 15.1. The molecule has 0 heterocycles. The third-order valence-corrected chi connectivity index (χ3v) is 6.38. The van der Waals surface area contributed by atoms with E-state index in [0.29, 0.717) is 12.8 Å². The molecule has 11 nitrogen and oxygen atoms in total. The Kier molecular flexibility index (Phi) is 21.9. The molecule has 0 aliphatic heterocycles. The Labute approximate surface area is 279 Å². The Morgan fingerprint density at radius 3 is 1.96 bits per heavy atom. The molecule has 0 aliphatic rings. The van der Waals surface area contributed by atoms with Gasteiger partial charge in [0.1, 0.15) is 6.04 Å². The highest BCUT2D eigenvalue weighted by Crippen LogP contribution is 2.30. The minimum absolute atomic E-state index is 0. The standard InChI is InChI=1S/C28H38F3N7O4.3ClH/c29-28(30,31)21-7-9-22(10-8-21)38(19-39)17-14-35-27(42)24(11-6-20-4-2-1-3-5-20)36-26(41)23(34)18-25(40)37(15-12-32)16-13-33;;;/h1-5,7-10,19,23-24H,6,11-18,32-34H2,(H,35,42)(H,36,41);3*1H/t23-,24-;;;/m0.../s1. The molecule has 17 heteroatoms. The van der Waals surface area contributed by atoms with Gasteiger partial charge in [-0.25, -0.2) is 0 Å². The van der Waals surface area contributed by atoms with Gasteiger partial charge in [0.2, 0.25) is 24.1 Å². The highest BCUT2D eigenvalue weighted by atomic mass is 35.5. The lowest BCUT2D eigenvalue weighted by Gasteiger charge is -2.24. The summed E-state index contributed by atoms with van der Waals surface area (Å²) in [5.41, 5.74) is 17.4. The number of halogens is 6. The molecule has 254 valence electrons. The first-order valence-electron chi connectivity index (χ1n) is 13.4. The molecule has 0 bridgehead atoms. The van der Waals surface area contributed by atoms with Crippen LogP contribution in [-0.4, -0.2) is 80.4 Å². The van der Waals surface area contributed by atoms with E-state index in [1.54, 1.807) is 0 Å². The van der Waals surface area contributed by atoms with Gasteiger partial charge in [0.15, 0.2) is 0 Å². The van der Waals surface area contributed by atoms with E-state index in [1.165, 1.54) is 4.90 Å². The molecule has 0 spiro atoms. The number of nitrogens with two attached hydrogens (primary N) is 3. The van der Waals surface area contributed by atoms with Crippen LogP contribution in [0.4, 0.5) is 18.9 Å². The van der Waals surface area contributed by atoms with Crippen molar-refractivity contribution >= 4 is 67.0 Å². The van der Waals surface area contributed by atoms with E-state index in [-0.39, 0.29) is 95.0 Å². The predicted octanol–water partition coefficient (Wildman–Crippen LogP) is 1.63. The van der Waals surface area contributed by atoms with Crippen molar-refractivity contribution in [3.63, 3.8) is 0 Å². The molecule has 0 radical (unpaired) electrons. The highest BCUT2D eigenvalue weighted by Gasteiger charge is 2.30. The number of amides is 4. The largest absolute Gasteiger partial charge is 0.416 e. The summed E-state index contributed by atoms with van der Waals surface area (Å²) in [6.45, 7) is 0.873. The number of nitrogens with zero attached hydrogens (tertiary/aromatic N) is 2. The van der Waals surface area contributed by atoms with Crippen molar-refractivity contribution in [1.29, 1.82) is 0 Å². The molecule has 2 aromatic carbocycles. The lowest BCUT2D eigenvalue weighted by Crippen LogP contribution is -2.53. The second-order valence-electron chi connectivity index (χ2n) is 9.49. The fraction of sp³-hybridized carbons (Fsp3) is 0.429. The quantitative estimate of drug-likeness (QED) is 0.156. The summed E-state index contributed by atoms with van der Waals surface area (Å²) in [6, 6.07) is 11.1. The van der Waals surface area contributed by atoms with Gasteiger partial charge >= 0.3 is 6.18 Å². The number of nitrogens with one attached hydrogen (secondary N) is 2. The van der Waals surface area contributed by atoms with E-state index in [1.807, 2.05) is 30.3 Å². The Balaban J connectivity index is 0. The molecule has 0 saturated carbocycles. The van der Waals surface area contributed by atoms with Crippen LogP contribution in [-0.2, 0) is 31.8 Å². The van der Waals surface area contributed by atoms with Gasteiger partial charge in [-0.05, 0) is 42.7 Å². The lowest BCUT2D eigenvalue weighted by molar-refractivity contribution is -0.137. The first-order valence-corrected chi connectivity index (χ1v) is 13.4. The average molecular weight is 703 g/mol. The molecule has 2 rings (SSSR count). The number of aryl methyl sites for hydroxylation is 1. The van der Waals surface area contributed by atoms with E-state index < -0.39 is 41.5 Å². The van der Waals surface area contributed by atoms with Crippen molar-refractivity contribution in [3.05, 3.63) is 65.7 Å². The van der Waals surface area contributed by atoms with Crippen LogP contribution in [0.25, 0.3) is 0 Å². The van der Waals surface area contributed by atoms with Crippen LogP contribution in [0.1, 0.15) is 24.0 Å². The fourth-order valence-electron chi connectivity index (χ4n) is 4.09. The molecule has 0 fully saturated rings. The summed E-state index contributed by atoms with van der Waals surface area (Å²) >= 11 is 0. The number of hydrogen-bond acceptors (Lipinski definition) is 7. The van der Waals surface area contributed by atoms with Crippen LogP contribution >= 0.6 is 37.2 Å². The predicted molar refractivity (Wildman–Crippen MR) is 174 cm³/mol. The maximum Gasteiger partial charge on any atom is 0.416 e. The van der Waals surface area contributed by atoms with Crippen molar-refractivity contribution in [2.45, 2.75) is 37.5 Å². The van der Waals surface area contributed by atoms with Crippen LogP contribution < -0.4 is 32.7 Å². The maximum absolute atomic E-state index is 13.1. The summed E-state index contributed by atoms with van der Waals surface area (Å²) < 4.78 is 38.5. The molecule has 0 saturated heterocycles. The lowest BCUT2D eigenvalue weighted by atomic mass is 10.0. The molecule has 2 atom stereocenters. The van der Waals surface area contributed by atoms with E-state index >= 15 is 0 Å². The number of carbonyl (C=O) groups excluding carboxylic acids is 4. The van der Waals surface area contributed by atoms with Crippen molar-refractivity contribution in [2.24, 2.45) is 17.2 Å². The van der Waals surface area contributed by atoms with Gasteiger partial charge in [-0.2, -0.15) is 13.2 Å². The molecular formula is C28H41Cl3F3N7O4. The topological polar surface area (TPSA) is 177 Å². The normalized spacial score (nSPS) is 11.8. The van der Waals surface area contributed by atoms with Gasteiger partial charge in [0.05, 0.1) is 18.0 Å². The first-order chi connectivity index (χ1) is 20.0.